The zero-order valence-electron chi connectivity index (χ0n) is 12.1. The van der Waals surface area contributed by atoms with Crippen molar-refractivity contribution in [1.29, 1.82) is 0 Å². The molecule has 1 N–H and O–H groups in total. The molecular formula is C16H17N3O3. The topological polar surface area (TPSA) is 75.4 Å². The van der Waals surface area contributed by atoms with E-state index in [9.17, 15) is 9.59 Å². The second kappa shape index (κ2) is 6.43. The Bertz CT molecular complexity index is 640. The van der Waals surface area contributed by atoms with Crippen molar-refractivity contribution in [3.63, 3.8) is 0 Å². The molecular weight excluding hydrogens is 282 g/mol. The van der Waals surface area contributed by atoms with Gasteiger partial charge in [-0.05, 0) is 24.3 Å². The van der Waals surface area contributed by atoms with E-state index in [0.717, 1.165) is 5.69 Å². The van der Waals surface area contributed by atoms with Crippen molar-refractivity contribution in [1.82, 2.24) is 15.2 Å². The molecule has 22 heavy (non-hydrogen) atoms. The zero-order chi connectivity index (χ0) is 15.4. The van der Waals surface area contributed by atoms with Gasteiger partial charge in [-0.1, -0.05) is 6.07 Å². The van der Waals surface area contributed by atoms with E-state index in [1.807, 2.05) is 18.2 Å². The third-order valence-electron chi connectivity index (χ3n) is 3.68. The lowest BCUT2D eigenvalue weighted by Crippen LogP contribution is -2.32. The molecule has 0 aromatic carbocycles. The molecule has 2 amide bonds. The lowest BCUT2D eigenvalue weighted by molar-refractivity contribution is -0.129. The van der Waals surface area contributed by atoms with Gasteiger partial charge in [-0.3, -0.25) is 14.6 Å². The summed E-state index contributed by atoms with van der Waals surface area (Å²) in [5.41, 5.74) is 0.826. The Morgan fingerprint density at radius 2 is 2.27 bits per heavy atom. The van der Waals surface area contributed by atoms with E-state index in [0.29, 0.717) is 25.4 Å². The van der Waals surface area contributed by atoms with Gasteiger partial charge in [0.1, 0.15) is 5.76 Å². The Labute approximate surface area is 128 Å². The minimum atomic E-state index is -0.314. The number of hydrogen-bond acceptors (Lipinski definition) is 4. The van der Waals surface area contributed by atoms with Crippen molar-refractivity contribution >= 4 is 11.8 Å². The van der Waals surface area contributed by atoms with Gasteiger partial charge in [-0.2, -0.15) is 0 Å². The number of furan rings is 1. The van der Waals surface area contributed by atoms with Crippen LogP contribution in [0.2, 0.25) is 0 Å². The maximum atomic E-state index is 12.1. The summed E-state index contributed by atoms with van der Waals surface area (Å²) in [7, 11) is 0. The molecule has 0 unspecified atom stereocenters. The van der Waals surface area contributed by atoms with Gasteiger partial charge in [0.25, 0.3) is 0 Å². The molecule has 114 valence electrons. The van der Waals surface area contributed by atoms with Crippen LogP contribution in [0.15, 0.2) is 47.2 Å². The van der Waals surface area contributed by atoms with Gasteiger partial charge < -0.3 is 14.6 Å². The first-order chi connectivity index (χ1) is 10.7. The third kappa shape index (κ3) is 3.33. The fourth-order valence-electron chi connectivity index (χ4n) is 2.52. The first-order valence-electron chi connectivity index (χ1n) is 7.20. The van der Waals surface area contributed by atoms with Crippen LogP contribution in [0.5, 0.6) is 0 Å². The molecule has 1 fully saturated rings. The average Bonchev–Trinajstić information content (AvgIpc) is 3.16. The SMILES string of the molecule is O=C(NCc1ccco1)[C@H]1CC(=O)N(Cc2ccccn2)C1. The van der Waals surface area contributed by atoms with E-state index in [1.54, 1.807) is 29.5 Å². The summed E-state index contributed by atoms with van der Waals surface area (Å²) in [5, 5.41) is 2.80. The maximum Gasteiger partial charge on any atom is 0.225 e. The van der Waals surface area contributed by atoms with Crippen LogP contribution in [0.1, 0.15) is 17.9 Å². The number of rotatable bonds is 5. The summed E-state index contributed by atoms with van der Waals surface area (Å²) in [6, 6.07) is 9.16. The van der Waals surface area contributed by atoms with Crippen molar-refractivity contribution in [2.75, 3.05) is 6.54 Å². The van der Waals surface area contributed by atoms with E-state index >= 15 is 0 Å². The van der Waals surface area contributed by atoms with Crippen LogP contribution in [0, 0.1) is 5.92 Å². The van der Waals surface area contributed by atoms with E-state index < -0.39 is 0 Å². The Kier molecular flexibility index (Phi) is 4.18. The molecule has 1 aliphatic rings. The molecule has 6 nitrogen and oxygen atoms in total. The quantitative estimate of drug-likeness (QED) is 0.904. The van der Waals surface area contributed by atoms with Crippen molar-refractivity contribution in [3.05, 3.63) is 54.2 Å². The van der Waals surface area contributed by atoms with Gasteiger partial charge in [-0.25, -0.2) is 0 Å². The molecule has 6 heteroatoms. The molecule has 2 aromatic heterocycles. The van der Waals surface area contributed by atoms with Gasteiger partial charge in [-0.15, -0.1) is 0 Å². The molecule has 1 atom stereocenters. The van der Waals surface area contributed by atoms with Gasteiger partial charge in [0.05, 0.1) is 31.0 Å². The molecule has 0 saturated carbocycles. The number of hydrogen-bond donors (Lipinski definition) is 1. The predicted molar refractivity (Wildman–Crippen MR) is 78.3 cm³/mol. The fraction of sp³-hybridized carbons (Fsp3) is 0.312. The second-order valence-corrected chi connectivity index (χ2v) is 5.29. The number of carbonyl (C=O) groups is 2. The highest BCUT2D eigenvalue weighted by Crippen LogP contribution is 2.20. The van der Waals surface area contributed by atoms with Crippen LogP contribution in [0.4, 0.5) is 0 Å². The van der Waals surface area contributed by atoms with Crippen LogP contribution in [-0.4, -0.2) is 28.2 Å². The average molecular weight is 299 g/mol. The monoisotopic (exact) mass is 299 g/mol. The smallest absolute Gasteiger partial charge is 0.225 e. The van der Waals surface area contributed by atoms with Gasteiger partial charge in [0.15, 0.2) is 0 Å². The first kappa shape index (κ1) is 14.3. The van der Waals surface area contributed by atoms with Crippen LogP contribution < -0.4 is 5.32 Å². The number of likely N-dealkylation sites (tertiary alicyclic amines) is 1. The molecule has 0 radical (unpaired) electrons. The van der Waals surface area contributed by atoms with Crippen molar-refractivity contribution in [2.24, 2.45) is 5.92 Å². The minimum Gasteiger partial charge on any atom is -0.467 e. The normalized spacial score (nSPS) is 17.7. The van der Waals surface area contributed by atoms with Crippen LogP contribution in [0.3, 0.4) is 0 Å². The van der Waals surface area contributed by atoms with Crippen LogP contribution >= 0.6 is 0 Å². The molecule has 0 spiro atoms. The Balaban J connectivity index is 1.53. The summed E-state index contributed by atoms with van der Waals surface area (Å²) in [6.45, 7) is 1.22. The van der Waals surface area contributed by atoms with E-state index in [1.165, 1.54) is 0 Å². The van der Waals surface area contributed by atoms with Gasteiger partial charge in [0, 0.05) is 19.2 Å². The fourth-order valence-corrected chi connectivity index (χ4v) is 2.52. The number of pyridine rings is 1. The largest absolute Gasteiger partial charge is 0.467 e. The Morgan fingerprint density at radius 3 is 3.00 bits per heavy atom. The lowest BCUT2D eigenvalue weighted by Gasteiger charge is -2.15. The molecule has 3 heterocycles. The highest BCUT2D eigenvalue weighted by Gasteiger charge is 2.34. The highest BCUT2D eigenvalue weighted by atomic mass is 16.3. The lowest BCUT2D eigenvalue weighted by atomic mass is 10.1. The third-order valence-corrected chi connectivity index (χ3v) is 3.68. The Morgan fingerprint density at radius 1 is 1.36 bits per heavy atom. The number of nitrogens with one attached hydrogen (secondary N) is 1. The molecule has 0 aliphatic carbocycles. The summed E-state index contributed by atoms with van der Waals surface area (Å²) in [4.78, 5) is 30.1. The standard InChI is InChI=1S/C16H17N3O3/c20-15-8-12(16(21)18-9-14-5-3-7-22-14)10-19(15)11-13-4-1-2-6-17-13/h1-7,12H,8-11H2,(H,18,21)/t12-/m0/s1. The summed E-state index contributed by atoms with van der Waals surface area (Å²) in [5.74, 6) is 0.256. The van der Waals surface area contributed by atoms with E-state index in [-0.39, 0.29) is 24.2 Å². The van der Waals surface area contributed by atoms with Gasteiger partial charge in [0.2, 0.25) is 11.8 Å². The summed E-state index contributed by atoms with van der Waals surface area (Å²) in [6.07, 6.45) is 3.51. The second-order valence-electron chi connectivity index (χ2n) is 5.29. The molecule has 2 aromatic rings. The number of nitrogens with zero attached hydrogens (tertiary/aromatic N) is 2. The summed E-state index contributed by atoms with van der Waals surface area (Å²) >= 11 is 0. The number of amides is 2. The van der Waals surface area contributed by atoms with E-state index in [2.05, 4.69) is 10.3 Å². The molecule has 0 bridgehead atoms. The van der Waals surface area contributed by atoms with Crippen molar-refractivity contribution in [2.45, 2.75) is 19.5 Å². The van der Waals surface area contributed by atoms with Crippen LogP contribution in [0.25, 0.3) is 0 Å². The van der Waals surface area contributed by atoms with Crippen molar-refractivity contribution in [3.8, 4) is 0 Å². The highest BCUT2D eigenvalue weighted by molar-refractivity contribution is 5.89. The first-order valence-corrected chi connectivity index (χ1v) is 7.20. The number of carbonyl (C=O) groups excluding carboxylic acids is 2. The predicted octanol–water partition coefficient (Wildman–Crippen LogP) is 1.34. The summed E-state index contributed by atoms with van der Waals surface area (Å²) < 4.78 is 5.17. The molecule has 1 saturated heterocycles. The maximum absolute atomic E-state index is 12.1. The van der Waals surface area contributed by atoms with Crippen LogP contribution in [-0.2, 0) is 22.7 Å². The number of aromatic nitrogens is 1. The zero-order valence-corrected chi connectivity index (χ0v) is 12.1. The van der Waals surface area contributed by atoms with Crippen molar-refractivity contribution < 1.29 is 14.0 Å². The van der Waals surface area contributed by atoms with E-state index in [4.69, 9.17) is 4.42 Å². The minimum absolute atomic E-state index is 0.0104. The van der Waals surface area contributed by atoms with Gasteiger partial charge >= 0.3 is 0 Å². The Hall–Kier alpha value is -2.63. The molecule has 1 aliphatic heterocycles. The molecule has 3 rings (SSSR count).